The first-order valence-corrected chi connectivity index (χ1v) is 12.7. The minimum atomic E-state index is -1.38. The second kappa shape index (κ2) is 17.8. The van der Waals surface area contributed by atoms with Crippen molar-refractivity contribution >= 4 is 33.8 Å². The van der Waals surface area contributed by atoms with Gasteiger partial charge in [-0.1, -0.05) is 22.0 Å². The smallest absolute Gasteiger partial charge is 0.322 e. The highest BCUT2D eigenvalue weighted by atomic mass is 79.9. The standard InChI is InChI=1S/C25H43BrO10/c1-8-9-30-10-11-31-12-13-32-14-15-33-16-17-34-22(29)25(7,18-35-20(27)23(2,3)4)19-36-21(28)24(5,6)26/h8H,1,9-19H2,2-7H3. The lowest BCUT2D eigenvalue weighted by atomic mass is 9.92. The molecule has 1 atom stereocenters. The molecule has 10 nitrogen and oxygen atoms in total. The zero-order valence-corrected chi connectivity index (χ0v) is 24.1. The van der Waals surface area contributed by atoms with Crippen LogP contribution in [0.4, 0.5) is 0 Å². The lowest BCUT2D eigenvalue weighted by Gasteiger charge is -2.29. The molecule has 1 unspecified atom stereocenters. The van der Waals surface area contributed by atoms with Gasteiger partial charge in [-0.15, -0.1) is 6.58 Å². The van der Waals surface area contributed by atoms with Crippen LogP contribution in [-0.2, 0) is 47.5 Å². The van der Waals surface area contributed by atoms with Crippen molar-refractivity contribution in [3.8, 4) is 0 Å². The van der Waals surface area contributed by atoms with Crippen LogP contribution < -0.4 is 0 Å². The van der Waals surface area contributed by atoms with Crippen LogP contribution in [0.25, 0.3) is 0 Å². The molecule has 0 saturated heterocycles. The van der Waals surface area contributed by atoms with E-state index in [4.69, 9.17) is 33.2 Å². The summed E-state index contributed by atoms with van der Waals surface area (Å²) < 4.78 is 36.3. The van der Waals surface area contributed by atoms with Crippen molar-refractivity contribution in [2.24, 2.45) is 10.8 Å². The highest BCUT2D eigenvalue weighted by Crippen LogP contribution is 2.25. The molecule has 0 aromatic heterocycles. The molecule has 0 N–H and O–H groups in total. The molecular weight excluding hydrogens is 540 g/mol. The Balaban J connectivity index is 4.36. The molecule has 0 bridgehead atoms. The molecule has 0 aliphatic rings. The Bertz CT molecular complexity index is 637. The van der Waals surface area contributed by atoms with Crippen molar-refractivity contribution < 1.29 is 47.5 Å². The highest BCUT2D eigenvalue weighted by Gasteiger charge is 2.40. The zero-order chi connectivity index (χ0) is 27.7. The Morgan fingerprint density at radius 3 is 1.47 bits per heavy atom. The van der Waals surface area contributed by atoms with E-state index < -0.39 is 33.1 Å². The Labute approximate surface area is 223 Å². The molecule has 210 valence electrons. The van der Waals surface area contributed by atoms with Crippen LogP contribution in [-0.4, -0.2) is 94.9 Å². The molecule has 0 aromatic carbocycles. The Hall–Kier alpha value is -1.53. The summed E-state index contributed by atoms with van der Waals surface area (Å²) in [6, 6.07) is 0. The summed E-state index contributed by atoms with van der Waals surface area (Å²) >= 11 is 3.22. The number of ether oxygens (including phenoxy) is 7. The number of rotatable bonds is 20. The van der Waals surface area contributed by atoms with Crippen molar-refractivity contribution in [3.63, 3.8) is 0 Å². The van der Waals surface area contributed by atoms with E-state index in [1.807, 2.05) is 0 Å². The van der Waals surface area contributed by atoms with Gasteiger partial charge in [-0.2, -0.15) is 0 Å². The van der Waals surface area contributed by atoms with Gasteiger partial charge in [0.1, 0.15) is 29.6 Å². The van der Waals surface area contributed by atoms with Crippen LogP contribution >= 0.6 is 15.9 Å². The molecule has 0 rings (SSSR count). The van der Waals surface area contributed by atoms with Gasteiger partial charge in [0, 0.05) is 0 Å². The van der Waals surface area contributed by atoms with Crippen LogP contribution in [0.3, 0.4) is 0 Å². The van der Waals surface area contributed by atoms with Crippen LogP contribution in [0.5, 0.6) is 0 Å². The van der Waals surface area contributed by atoms with Crippen LogP contribution in [0, 0.1) is 10.8 Å². The first-order chi connectivity index (χ1) is 16.7. The van der Waals surface area contributed by atoms with Gasteiger partial charge in [-0.3, -0.25) is 14.4 Å². The van der Waals surface area contributed by atoms with E-state index in [-0.39, 0.29) is 26.4 Å². The fourth-order valence-electron chi connectivity index (χ4n) is 2.19. The number of carbonyl (C=O) groups is 3. The summed E-state index contributed by atoms with van der Waals surface area (Å²) in [6.45, 7) is 16.0. The number of alkyl halides is 1. The molecule has 0 saturated carbocycles. The van der Waals surface area contributed by atoms with E-state index in [0.717, 1.165) is 0 Å². The molecule has 0 fully saturated rings. The maximum Gasteiger partial charge on any atom is 0.322 e. The lowest BCUT2D eigenvalue weighted by Crippen LogP contribution is -2.43. The molecule has 0 spiro atoms. The van der Waals surface area contributed by atoms with E-state index >= 15 is 0 Å². The van der Waals surface area contributed by atoms with E-state index in [0.29, 0.717) is 46.2 Å². The summed E-state index contributed by atoms with van der Waals surface area (Å²) in [5.74, 6) is -1.71. The Morgan fingerprint density at radius 2 is 1.06 bits per heavy atom. The molecule has 0 amide bonds. The van der Waals surface area contributed by atoms with E-state index in [1.165, 1.54) is 6.92 Å². The SMILES string of the molecule is C=CCOCCOCCOCCOCCOC(=O)C(C)(COC(=O)C(C)(C)C)COC(=O)C(C)(C)Br. The third-order valence-corrected chi connectivity index (χ3v) is 4.77. The first kappa shape index (κ1) is 34.5. The predicted octanol–water partition coefficient (Wildman–Crippen LogP) is 3.09. The van der Waals surface area contributed by atoms with Gasteiger partial charge < -0.3 is 33.2 Å². The van der Waals surface area contributed by atoms with Gasteiger partial charge in [0.15, 0.2) is 0 Å². The second-order valence-electron chi connectivity index (χ2n) is 9.77. The van der Waals surface area contributed by atoms with Gasteiger partial charge >= 0.3 is 17.9 Å². The average molecular weight is 584 g/mol. The average Bonchev–Trinajstić information content (AvgIpc) is 2.79. The second-order valence-corrected chi connectivity index (χ2v) is 11.8. The Kier molecular flexibility index (Phi) is 17.1. The lowest BCUT2D eigenvalue weighted by molar-refractivity contribution is -0.174. The number of carbonyl (C=O) groups excluding carboxylic acids is 3. The summed E-state index contributed by atoms with van der Waals surface area (Å²) in [6.07, 6.45) is 1.68. The summed E-state index contributed by atoms with van der Waals surface area (Å²) in [4.78, 5) is 37.1. The summed E-state index contributed by atoms with van der Waals surface area (Å²) in [7, 11) is 0. The number of esters is 3. The van der Waals surface area contributed by atoms with Crippen molar-refractivity contribution in [2.45, 2.75) is 45.9 Å². The Morgan fingerprint density at radius 1 is 0.639 bits per heavy atom. The maximum absolute atomic E-state index is 12.8. The predicted molar refractivity (Wildman–Crippen MR) is 137 cm³/mol. The molecule has 0 aliphatic carbocycles. The van der Waals surface area contributed by atoms with E-state index in [9.17, 15) is 14.4 Å². The quantitative estimate of drug-likeness (QED) is 0.0696. The van der Waals surface area contributed by atoms with Gasteiger partial charge in [0.25, 0.3) is 0 Å². The van der Waals surface area contributed by atoms with Gasteiger partial charge in [-0.25, -0.2) is 0 Å². The van der Waals surface area contributed by atoms with Crippen LogP contribution in [0.2, 0.25) is 0 Å². The third kappa shape index (κ3) is 16.3. The first-order valence-electron chi connectivity index (χ1n) is 11.9. The molecule has 36 heavy (non-hydrogen) atoms. The molecule has 11 heteroatoms. The van der Waals surface area contributed by atoms with Crippen molar-refractivity contribution in [1.82, 2.24) is 0 Å². The number of hydrogen-bond acceptors (Lipinski definition) is 10. The highest BCUT2D eigenvalue weighted by molar-refractivity contribution is 9.10. The van der Waals surface area contributed by atoms with Crippen molar-refractivity contribution in [3.05, 3.63) is 12.7 Å². The zero-order valence-electron chi connectivity index (χ0n) is 22.5. The molecular formula is C25H43BrO10. The van der Waals surface area contributed by atoms with E-state index in [1.54, 1.807) is 40.7 Å². The van der Waals surface area contributed by atoms with Crippen LogP contribution in [0.15, 0.2) is 12.7 Å². The van der Waals surface area contributed by atoms with E-state index in [2.05, 4.69) is 22.5 Å². The monoisotopic (exact) mass is 582 g/mol. The minimum Gasteiger partial charge on any atom is -0.464 e. The largest absolute Gasteiger partial charge is 0.464 e. The van der Waals surface area contributed by atoms with Crippen LogP contribution in [0.1, 0.15) is 41.5 Å². The van der Waals surface area contributed by atoms with Gasteiger partial charge in [-0.05, 0) is 41.5 Å². The fourth-order valence-corrected chi connectivity index (χ4v) is 2.31. The molecule has 0 aliphatic heterocycles. The third-order valence-electron chi connectivity index (χ3n) is 4.45. The molecule has 0 heterocycles. The molecule has 0 aromatic rings. The molecule has 0 radical (unpaired) electrons. The fraction of sp³-hybridized carbons (Fsp3) is 0.800. The normalized spacial score (nSPS) is 13.5. The van der Waals surface area contributed by atoms with Crippen molar-refractivity contribution in [2.75, 3.05) is 72.7 Å². The van der Waals surface area contributed by atoms with Crippen molar-refractivity contribution in [1.29, 1.82) is 0 Å². The topological polar surface area (TPSA) is 116 Å². The van der Waals surface area contributed by atoms with Gasteiger partial charge in [0.05, 0.1) is 58.3 Å². The maximum atomic E-state index is 12.8. The van der Waals surface area contributed by atoms with Gasteiger partial charge in [0.2, 0.25) is 0 Å². The number of hydrogen-bond donors (Lipinski definition) is 0. The summed E-state index contributed by atoms with van der Waals surface area (Å²) in [5, 5.41) is 0. The summed E-state index contributed by atoms with van der Waals surface area (Å²) in [5.41, 5.74) is -2.13. The minimum absolute atomic E-state index is 0.0205. The number of halogens is 1.